The molecule has 0 saturated heterocycles. The van der Waals surface area contributed by atoms with Crippen molar-refractivity contribution in [3.05, 3.63) is 33.8 Å². The van der Waals surface area contributed by atoms with E-state index in [0.29, 0.717) is 5.56 Å². The lowest BCUT2D eigenvalue weighted by molar-refractivity contribution is 0.0697. The highest BCUT2D eigenvalue weighted by Crippen LogP contribution is 2.21. The summed E-state index contributed by atoms with van der Waals surface area (Å²) in [4.78, 5) is 10.7. The Bertz CT molecular complexity index is 361. The molecule has 0 aliphatic heterocycles. The molecule has 16 heavy (non-hydrogen) atoms. The Kier molecular flexibility index (Phi) is 5.53. The standard InChI is InChI=1S/C13H17BrO2/c1-2-3-4-5-6-10-7-8-11(13(15)16)9-12(10)14/h7-9H,2-6H2,1H3,(H,15,16). The molecule has 0 fully saturated rings. The lowest BCUT2D eigenvalue weighted by Crippen LogP contribution is -1.97. The maximum absolute atomic E-state index is 10.7. The fourth-order valence-electron chi connectivity index (χ4n) is 1.63. The molecule has 0 radical (unpaired) electrons. The van der Waals surface area contributed by atoms with E-state index in [0.717, 1.165) is 10.9 Å². The van der Waals surface area contributed by atoms with Gasteiger partial charge in [0.2, 0.25) is 0 Å². The maximum atomic E-state index is 10.7. The van der Waals surface area contributed by atoms with Crippen LogP contribution in [0.25, 0.3) is 0 Å². The van der Waals surface area contributed by atoms with E-state index in [9.17, 15) is 4.79 Å². The molecule has 1 N–H and O–H groups in total. The van der Waals surface area contributed by atoms with Crippen LogP contribution in [-0.2, 0) is 6.42 Å². The topological polar surface area (TPSA) is 37.3 Å². The molecule has 0 aliphatic rings. The molecule has 88 valence electrons. The van der Waals surface area contributed by atoms with E-state index >= 15 is 0 Å². The molecular formula is C13H17BrO2. The van der Waals surface area contributed by atoms with Crippen molar-refractivity contribution in [2.24, 2.45) is 0 Å². The van der Waals surface area contributed by atoms with Crippen molar-refractivity contribution in [3.8, 4) is 0 Å². The van der Waals surface area contributed by atoms with Gasteiger partial charge in [-0.05, 0) is 30.5 Å². The first-order valence-electron chi connectivity index (χ1n) is 5.67. The van der Waals surface area contributed by atoms with Crippen LogP contribution in [0.5, 0.6) is 0 Å². The Morgan fingerprint density at radius 2 is 2.06 bits per heavy atom. The van der Waals surface area contributed by atoms with Gasteiger partial charge in [0.25, 0.3) is 0 Å². The number of rotatable bonds is 6. The summed E-state index contributed by atoms with van der Waals surface area (Å²) in [6, 6.07) is 5.25. The van der Waals surface area contributed by atoms with Crippen molar-refractivity contribution in [3.63, 3.8) is 0 Å². The quantitative estimate of drug-likeness (QED) is 0.792. The summed E-state index contributed by atoms with van der Waals surface area (Å²) in [7, 11) is 0. The number of aromatic carboxylic acids is 1. The van der Waals surface area contributed by atoms with Crippen LogP contribution in [0.3, 0.4) is 0 Å². The van der Waals surface area contributed by atoms with E-state index in [4.69, 9.17) is 5.11 Å². The first-order chi connectivity index (χ1) is 7.65. The lowest BCUT2D eigenvalue weighted by Gasteiger charge is -2.05. The first-order valence-corrected chi connectivity index (χ1v) is 6.46. The second kappa shape index (κ2) is 6.69. The van der Waals surface area contributed by atoms with Crippen LogP contribution in [0, 0.1) is 0 Å². The minimum Gasteiger partial charge on any atom is -0.478 e. The van der Waals surface area contributed by atoms with Crippen molar-refractivity contribution in [1.29, 1.82) is 0 Å². The molecule has 2 nitrogen and oxygen atoms in total. The van der Waals surface area contributed by atoms with Crippen molar-refractivity contribution < 1.29 is 9.90 Å². The van der Waals surface area contributed by atoms with Gasteiger partial charge in [-0.25, -0.2) is 4.79 Å². The number of carbonyl (C=O) groups is 1. The number of benzene rings is 1. The molecule has 0 heterocycles. The van der Waals surface area contributed by atoms with Crippen LogP contribution in [0.2, 0.25) is 0 Å². The number of halogens is 1. The smallest absolute Gasteiger partial charge is 0.335 e. The minimum absolute atomic E-state index is 0.337. The molecule has 1 rings (SSSR count). The third kappa shape index (κ3) is 3.97. The number of carboxylic acids is 1. The highest BCUT2D eigenvalue weighted by molar-refractivity contribution is 9.10. The van der Waals surface area contributed by atoms with Gasteiger partial charge in [-0.2, -0.15) is 0 Å². The molecule has 1 aromatic rings. The van der Waals surface area contributed by atoms with Crippen LogP contribution < -0.4 is 0 Å². The Balaban J connectivity index is 2.57. The molecule has 0 unspecified atom stereocenters. The Morgan fingerprint density at radius 1 is 1.31 bits per heavy atom. The number of carboxylic acid groups (broad SMARTS) is 1. The fourth-order valence-corrected chi connectivity index (χ4v) is 2.20. The molecule has 1 aromatic carbocycles. The number of aryl methyl sites for hydroxylation is 1. The Labute approximate surface area is 105 Å². The first kappa shape index (κ1) is 13.2. The zero-order chi connectivity index (χ0) is 12.0. The summed E-state index contributed by atoms with van der Waals surface area (Å²) in [5.74, 6) is -0.877. The molecule has 0 amide bonds. The van der Waals surface area contributed by atoms with Crippen LogP contribution in [0.4, 0.5) is 0 Å². The van der Waals surface area contributed by atoms with Crippen LogP contribution >= 0.6 is 15.9 Å². The van der Waals surface area contributed by atoms with Gasteiger partial charge in [-0.1, -0.05) is 48.2 Å². The molecule has 3 heteroatoms. The third-order valence-electron chi connectivity index (χ3n) is 2.60. The summed E-state index contributed by atoms with van der Waals surface area (Å²) in [5, 5.41) is 8.83. The van der Waals surface area contributed by atoms with Crippen molar-refractivity contribution in [1.82, 2.24) is 0 Å². The second-order valence-electron chi connectivity index (χ2n) is 3.92. The SMILES string of the molecule is CCCCCCc1ccc(C(=O)O)cc1Br. The van der Waals surface area contributed by atoms with Crippen molar-refractivity contribution in [2.45, 2.75) is 39.0 Å². The van der Waals surface area contributed by atoms with Gasteiger partial charge in [0.1, 0.15) is 0 Å². The van der Waals surface area contributed by atoms with E-state index in [1.807, 2.05) is 6.07 Å². The molecular weight excluding hydrogens is 268 g/mol. The molecule has 0 bridgehead atoms. The lowest BCUT2D eigenvalue weighted by atomic mass is 10.0. The zero-order valence-corrected chi connectivity index (χ0v) is 11.1. The van der Waals surface area contributed by atoms with Gasteiger partial charge < -0.3 is 5.11 Å². The molecule has 0 saturated carbocycles. The Hall–Kier alpha value is -0.830. The van der Waals surface area contributed by atoms with Gasteiger partial charge >= 0.3 is 5.97 Å². The second-order valence-corrected chi connectivity index (χ2v) is 4.78. The predicted octanol–water partition coefficient (Wildman–Crippen LogP) is 4.27. The summed E-state index contributed by atoms with van der Waals surface area (Å²) < 4.78 is 0.906. The predicted molar refractivity (Wildman–Crippen MR) is 68.9 cm³/mol. The Morgan fingerprint density at radius 3 is 2.62 bits per heavy atom. The van der Waals surface area contributed by atoms with Gasteiger partial charge in [0, 0.05) is 4.47 Å². The van der Waals surface area contributed by atoms with Gasteiger partial charge in [0.15, 0.2) is 0 Å². The number of hydrogen-bond acceptors (Lipinski definition) is 1. The highest BCUT2D eigenvalue weighted by Gasteiger charge is 2.06. The average molecular weight is 285 g/mol. The molecule has 0 aromatic heterocycles. The number of hydrogen-bond donors (Lipinski definition) is 1. The van der Waals surface area contributed by atoms with Crippen LogP contribution in [0.1, 0.15) is 48.5 Å². The summed E-state index contributed by atoms with van der Waals surface area (Å²) in [5.41, 5.74) is 1.53. The zero-order valence-electron chi connectivity index (χ0n) is 9.50. The monoisotopic (exact) mass is 284 g/mol. The van der Waals surface area contributed by atoms with Crippen LogP contribution in [-0.4, -0.2) is 11.1 Å². The third-order valence-corrected chi connectivity index (χ3v) is 3.34. The summed E-state index contributed by atoms with van der Waals surface area (Å²) in [6.45, 7) is 2.19. The molecule has 0 spiro atoms. The minimum atomic E-state index is -0.877. The molecule has 0 atom stereocenters. The van der Waals surface area contributed by atoms with E-state index in [1.165, 1.54) is 31.2 Å². The normalized spacial score (nSPS) is 10.4. The van der Waals surface area contributed by atoms with E-state index in [-0.39, 0.29) is 0 Å². The van der Waals surface area contributed by atoms with E-state index in [1.54, 1.807) is 12.1 Å². The van der Waals surface area contributed by atoms with Crippen molar-refractivity contribution >= 4 is 21.9 Å². The average Bonchev–Trinajstić information content (AvgIpc) is 2.26. The van der Waals surface area contributed by atoms with Crippen molar-refractivity contribution in [2.75, 3.05) is 0 Å². The summed E-state index contributed by atoms with van der Waals surface area (Å²) >= 11 is 3.42. The van der Waals surface area contributed by atoms with Gasteiger partial charge in [-0.15, -0.1) is 0 Å². The summed E-state index contributed by atoms with van der Waals surface area (Å²) in [6.07, 6.45) is 5.92. The van der Waals surface area contributed by atoms with E-state index in [2.05, 4.69) is 22.9 Å². The highest BCUT2D eigenvalue weighted by atomic mass is 79.9. The van der Waals surface area contributed by atoms with Gasteiger partial charge in [0.05, 0.1) is 5.56 Å². The van der Waals surface area contributed by atoms with Crippen LogP contribution in [0.15, 0.2) is 22.7 Å². The largest absolute Gasteiger partial charge is 0.478 e. The maximum Gasteiger partial charge on any atom is 0.335 e. The molecule has 0 aliphatic carbocycles. The van der Waals surface area contributed by atoms with Gasteiger partial charge in [-0.3, -0.25) is 0 Å². The number of unbranched alkanes of at least 4 members (excludes halogenated alkanes) is 3. The van der Waals surface area contributed by atoms with E-state index < -0.39 is 5.97 Å². The fraction of sp³-hybridized carbons (Fsp3) is 0.462.